The highest BCUT2D eigenvalue weighted by atomic mass is 16.5. The van der Waals surface area contributed by atoms with Gasteiger partial charge in [0.05, 0.1) is 45.5 Å². The molecule has 0 spiro atoms. The number of unbranched alkanes of at least 4 members (excludes halogenated alkanes) is 14. The van der Waals surface area contributed by atoms with Crippen molar-refractivity contribution in [3.63, 3.8) is 0 Å². The average Bonchev–Trinajstić information content (AvgIpc) is 3.39. The van der Waals surface area contributed by atoms with Gasteiger partial charge in [0, 0.05) is 70.6 Å². The van der Waals surface area contributed by atoms with Gasteiger partial charge in [0.1, 0.15) is 42.6 Å². The van der Waals surface area contributed by atoms with Crippen LogP contribution in [0.25, 0.3) is 0 Å². The minimum atomic E-state index is -1.36. The summed E-state index contributed by atoms with van der Waals surface area (Å²) in [6.07, 6.45) is 16.9. The van der Waals surface area contributed by atoms with Gasteiger partial charge in [0.25, 0.3) is 0 Å². The number of hydrogen-bond acceptors (Lipinski definition) is 16. The fraction of sp³-hybridized carbons (Fsp3) is 0.804. The average molecular weight is 1130 g/mol. The predicted octanol–water partition coefficient (Wildman–Crippen LogP) is 5.54. The second kappa shape index (κ2) is 49.8. The summed E-state index contributed by atoms with van der Waals surface area (Å²) in [7, 11) is 0. The van der Waals surface area contributed by atoms with Crippen LogP contribution < -0.4 is 21.3 Å². The van der Waals surface area contributed by atoms with Gasteiger partial charge in [0.15, 0.2) is 5.78 Å². The first-order chi connectivity index (χ1) is 37.8. The third kappa shape index (κ3) is 47.3. The maximum atomic E-state index is 12.6. The number of amides is 3. The lowest BCUT2D eigenvalue weighted by molar-refractivity contribution is -0.145. The lowest BCUT2D eigenvalue weighted by Crippen LogP contribution is -2.43. The number of carboxylic acid groups (broad SMARTS) is 4. The molecule has 0 aromatic rings. The Labute approximate surface area is 466 Å². The van der Waals surface area contributed by atoms with Crippen LogP contribution in [0.3, 0.4) is 0 Å². The first-order valence-electron chi connectivity index (χ1n) is 28.6. The van der Waals surface area contributed by atoms with Crippen molar-refractivity contribution >= 4 is 64.7 Å². The van der Waals surface area contributed by atoms with Crippen LogP contribution in [0.4, 0.5) is 0 Å². The first kappa shape index (κ1) is 73.8. The van der Waals surface area contributed by atoms with Gasteiger partial charge in [-0.2, -0.15) is 0 Å². The van der Waals surface area contributed by atoms with Crippen molar-refractivity contribution in [2.45, 2.75) is 206 Å². The molecule has 0 saturated heterocycles. The third-order valence-corrected chi connectivity index (χ3v) is 13.1. The highest BCUT2D eigenvalue weighted by Crippen LogP contribution is 2.18. The van der Waals surface area contributed by atoms with E-state index in [4.69, 9.17) is 24.1 Å². The largest absolute Gasteiger partial charge is 0.481 e. The highest BCUT2D eigenvalue weighted by Gasteiger charge is 2.25. The van der Waals surface area contributed by atoms with E-state index in [1.165, 1.54) is 32.1 Å². The number of carbonyl (C=O) groups excluding carboxylic acids is 7. The molecule has 0 aromatic heterocycles. The molecule has 4 atom stereocenters. The Morgan fingerprint density at radius 3 is 1.46 bits per heavy atom. The van der Waals surface area contributed by atoms with Gasteiger partial charge >= 0.3 is 23.9 Å². The van der Waals surface area contributed by atoms with Crippen molar-refractivity contribution in [2.24, 2.45) is 11.8 Å². The summed E-state index contributed by atoms with van der Waals surface area (Å²) in [6.45, 7) is 4.55. The number of hydrogen-bond donors (Lipinski definition) is 8. The van der Waals surface area contributed by atoms with Crippen molar-refractivity contribution in [1.82, 2.24) is 21.3 Å². The van der Waals surface area contributed by atoms with E-state index in [2.05, 4.69) is 21.3 Å². The van der Waals surface area contributed by atoms with Crippen LogP contribution in [0.15, 0.2) is 0 Å². The van der Waals surface area contributed by atoms with E-state index in [-0.39, 0.29) is 152 Å². The Bertz CT molecular complexity index is 1780. The molecule has 8 N–H and O–H groups in total. The molecule has 0 aliphatic carbocycles. The van der Waals surface area contributed by atoms with Crippen LogP contribution in [0.1, 0.15) is 194 Å². The zero-order valence-corrected chi connectivity index (χ0v) is 47.3. The molecule has 23 nitrogen and oxygen atoms in total. The van der Waals surface area contributed by atoms with E-state index in [1.54, 1.807) is 6.92 Å². The molecule has 0 aromatic carbocycles. The molecule has 0 saturated carbocycles. The standard InChI is InChI=1S/C56H96N4O19/c1-42(43(2)61)20-17-18-30-58-50(65)29-27-49(56(74)75)60-52(67)41-79-37-34-76-32-19-22-47(64)40-78-36-35-77-33-31-57-39-46(63)25-26-48(55(72)73)59-51(66)28-24-44(54(70)71)38-45(62)21-15-13-11-9-7-5-3-4-6-8-10-12-14-16-23-53(68)69/h42,44,48-49,57H,3-41H2,1-2H3,(H,58,65)(H,59,66)(H,60,67)(H,68,69)(H,70,71)(H,72,73)(H,74,75)/t42-,44+,48-,49-/m0/s1. The number of ether oxygens (including phenoxy) is 4. The third-order valence-electron chi connectivity index (χ3n) is 13.1. The lowest BCUT2D eigenvalue weighted by Gasteiger charge is -2.16. The van der Waals surface area contributed by atoms with Crippen LogP contribution in [0, 0.1) is 11.8 Å². The van der Waals surface area contributed by atoms with Crippen LogP contribution in [-0.4, -0.2) is 170 Å². The van der Waals surface area contributed by atoms with E-state index < -0.39 is 60.3 Å². The monoisotopic (exact) mass is 1130 g/mol. The quantitative estimate of drug-likeness (QED) is 0.0347. The Morgan fingerprint density at radius 1 is 0.405 bits per heavy atom. The van der Waals surface area contributed by atoms with Gasteiger partial charge in [-0.3, -0.25) is 43.2 Å². The molecule has 454 valence electrons. The fourth-order valence-corrected chi connectivity index (χ4v) is 8.10. The first-order valence-corrected chi connectivity index (χ1v) is 28.6. The van der Waals surface area contributed by atoms with Gasteiger partial charge in [-0.15, -0.1) is 0 Å². The minimum Gasteiger partial charge on any atom is -0.481 e. The molecule has 0 heterocycles. The summed E-state index contributed by atoms with van der Waals surface area (Å²) < 4.78 is 21.4. The van der Waals surface area contributed by atoms with Gasteiger partial charge in [-0.05, 0) is 58.3 Å². The smallest absolute Gasteiger partial charge is 0.326 e. The summed E-state index contributed by atoms with van der Waals surface area (Å²) in [5.74, 6) is -7.83. The van der Waals surface area contributed by atoms with Gasteiger partial charge in [0.2, 0.25) is 17.7 Å². The number of nitrogens with one attached hydrogen (secondary N) is 4. The zero-order chi connectivity index (χ0) is 58.9. The maximum absolute atomic E-state index is 12.6. The molecular weight excluding hydrogens is 1030 g/mol. The van der Waals surface area contributed by atoms with Crippen LogP contribution >= 0.6 is 0 Å². The van der Waals surface area contributed by atoms with Crippen molar-refractivity contribution in [3.8, 4) is 0 Å². The van der Waals surface area contributed by atoms with E-state index >= 15 is 0 Å². The molecule has 0 bridgehead atoms. The highest BCUT2D eigenvalue weighted by molar-refractivity contribution is 5.87. The van der Waals surface area contributed by atoms with Crippen molar-refractivity contribution in [2.75, 3.05) is 72.5 Å². The second-order valence-electron chi connectivity index (χ2n) is 20.2. The zero-order valence-electron chi connectivity index (χ0n) is 47.3. The molecule has 0 rings (SSSR count). The molecule has 0 aliphatic heterocycles. The van der Waals surface area contributed by atoms with E-state index in [1.807, 2.05) is 6.92 Å². The molecule has 0 unspecified atom stereocenters. The van der Waals surface area contributed by atoms with Gasteiger partial charge in [-0.1, -0.05) is 90.4 Å². The fourth-order valence-electron chi connectivity index (χ4n) is 8.10. The van der Waals surface area contributed by atoms with Crippen molar-refractivity contribution in [1.29, 1.82) is 0 Å². The van der Waals surface area contributed by atoms with Crippen LogP contribution in [-0.2, 0) is 71.7 Å². The summed E-state index contributed by atoms with van der Waals surface area (Å²) in [5, 5.41) is 47.7. The Hall–Kier alpha value is -5.23. The molecule has 23 heteroatoms. The summed E-state index contributed by atoms with van der Waals surface area (Å²) >= 11 is 0. The van der Waals surface area contributed by atoms with Gasteiger partial charge < -0.3 is 60.6 Å². The molecule has 0 aliphatic rings. The van der Waals surface area contributed by atoms with Crippen LogP contribution in [0.5, 0.6) is 0 Å². The topological polar surface area (TPSA) is 354 Å². The van der Waals surface area contributed by atoms with Crippen LogP contribution in [0.2, 0.25) is 0 Å². The number of rotatable bonds is 58. The number of aliphatic carboxylic acids is 4. The summed E-state index contributed by atoms with van der Waals surface area (Å²) in [4.78, 5) is 131. The summed E-state index contributed by atoms with van der Waals surface area (Å²) in [6, 6.07) is -2.62. The predicted molar refractivity (Wildman–Crippen MR) is 291 cm³/mol. The maximum Gasteiger partial charge on any atom is 0.326 e. The molecular formula is C56H96N4O19. The molecule has 0 radical (unpaired) electrons. The Balaban J connectivity index is 3.98. The van der Waals surface area contributed by atoms with Crippen molar-refractivity contribution in [3.05, 3.63) is 0 Å². The number of ketones is 4. The van der Waals surface area contributed by atoms with E-state index in [0.29, 0.717) is 32.4 Å². The number of carbonyl (C=O) groups is 11. The molecule has 3 amide bonds. The van der Waals surface area contributed by atoms with E-state index in [9.17, 15) is 68.1 Å². The second-order valence-corrected chi connectivity index (χ2v) is 20.2. The Kier molecular flexibility index (Phi) is 46.5. The SMILES string of the molecule is CC(=O)[C@@H](C)CCCCNC(=O)CC[C@H](NC(=O)COCCOCCCC(=O)COCCOCCNCC(=O)CC[C@H](NC(=O)CC[C@H](CC(=O)CCCCCCCCCCCCCCCCC(=O)O)C(=O)O)C(=O)O)C(=O)O. The van der Waals surface area contributed by atoms with Gasteiger partial charge in [-0.25, -0.2) is 9.59 Å². The summed E-state index contributed by atoms with van der Waals surface area (Å²) in [5.41, 5.74) is 0. The molecule has 79 heavy (non-hydrogen) atoms. The number of Topliss-reactive ketones (excluding diaryl/α,β-unsaturated/α-hetero) is 4. The van der Waals surface area contributed by atoms with E-state index in [0.717, 1.165) is 64.2 Å². The molecule has 0 fully saturated rings. The Morgan fingerprint density at radius 2 is 0.899 bits per heavy atom. The normalized spacial score (nSPS) is 12.7. The lowest BCUT2D eigenvalue weighted by atomic mass is 9.94. The minimum absolute atomic E-state index is 0.0291. The van der Waals surface area contributed by atoms with Crippen molar-refractivity contribution < 1.29 is 92.1 Å². The number of carboxylic acids is 4.